The minimum Gasteiger partial charge on any atom is -0.338 e. The molecule has 2 aromatic rings. The zero-order chi connectivity index (χ0) is 21.3. The summed E-state index contributed by atoms with van der Waals surface area (Å²) < 4.78 is 1.75. The van der Waals surface area contributed by atoms with Crippen LogP contribution in [0.25, 0.3) is 0 Å². The summed E-state index contributed by atoms with van der Waals surface area (Å²) in [6.07, 6.45) is 4.24. The number of nitrogens with zero attached hydrogens (tertiary/aromatic N) is 4. The van der Waals surface area contributed by atoms with Crippen molar-refractivity contribution in [2.24, 2.45) is 5.92 Å². The van der Waals surface area contributed by atoms with Crippen LogP contribution < -0.4 is 5.32 Å². The third-order valence-corrected chi connectivity index (χ3v) is 5.90. The fourth-order valence-electron chi connectivity index (χ4n) is 4.31. The summed E-state index contributed by atoms with van der Waals surface area (Å²) in [5.41, 5.74) is 0.810. The Morgan fingerprint density at radius 3 is 2.53 bits per heavy atom. The van der Waals surface area contributed by atoms with E-state index < -0.39 is 5.54 Å². The zero-order valence-electron chi connectivity index (χ0n) is 17.4. The van der Waals surface area contributed by atoms with E-state index in [1.807, 2.05) is 44.2 Å². The first-order valence-electron chi connectivity index (χ1n) is 10.4. The van der Waals surface area contributed by atoms with Gasteiger partial charge in [-0.15, -0.1) is 0 Å². The highest BCUT2D eigenvalue weighted by molar-refractivity contribution is 6.07. The molecule has 2 aliphatic rings. The van der Waals surface area contributed by atoms with Gasteiger partial charge < -0.3 is 9.80 Å². The van der Waals surface area contributed by atoms with E-state index in [2.05, 4.69) is 10.4 Å². The first-order valence-corrected chi connectivity index (χ1v) is 10.4. The second kappa shape index (κ2) is 7.93. The third-order valence-electron chi connectivity index (χ3n) is 5.90. The number of aromatic nitrogens is 2. The maximum absolute atomic E-state index is 13.0. The van der Waals surface area contributed by atoms with Gasteiger partial charge in [-0.1, -0.05) is 44.2 Å². The third kappa shape index (κ3) is 3.69. The lowest BCUT2D eigenvalue weighted by atomic mass is 9.85. The molecule has 3 heterocycles. The summed E-state index contributed by atoms with van der Waals surface area (Å²) >= 11 is 0. The first-order chi connectivity index (χ1) is 14.4. The van der Waals surface area contributed by atoms with Gasteiger partial charge in [0, 0.05) is 25.8 Å². The molecule has 1 aromatic heterocycles. The Morgan fingerprint density at radius 2 is 1.87 bits per heavy atom. The number of piperidine rings is 1. The van der Waals surface area contributed by atoms with Crippen molar-refractivity contribution in [3.63, 3.8) is 0 Å². The summed E-state index contributed by atoms with van der Waals surface area (Å²) in [6, 6.07) is 9.62. The Labute approximate surface area is 175 Å². The molecule has 4 amide bonds. The van der Waals surface area contributed by atoms with E-state index in [0.717, 1.165) is 5.56 Å². The number of amides is 4. The van der Waals surface area contributed by atoms with Crippen molar-refractivity contribution in [3.8, 4) is 0 Å². The number of imide groups is 1. The van der Waals surface area contributed by atoms with Crippen molar-refractivity contribution in [2.45, 2.75) is 38.8 Å². The van der Waals surface area contributed by atoms with Crippen LogP contribution in [-0.2, 0) is 11.3 Å². The number of urea groups is 1. The van der Waals surface area contributed by atoms with Crippen LogP contribution >= 0.6 is 0 Å². The molecule has 0 atom stereocenters. The van der Waals surface area contributed by atoms with Gasteiger partial charge in [0.1, 0.15) is 5.54 Å². The van der Waals surface area contributed by atoms with Crippen molar-refractivity contribution in [1.82, 2.24) is 24.9 Å². The molecule has 2 saturated heterocycles. The molecule has 0 radical (unpaired) electrons. The van der Waals surface area contributed by atoms with E-state index in [-0.39, 0.29) is 23.8 Å². The van der Waals surface area contributed by atoms with Gasteiger partial charge >= 0.3 is 6.03 Å². The molecule has 0 bridgehead atoms. The number of rotatable bonds is 5. The Hall–Kier alpha value is -3.16. The summed E-state index contributed by atoms with van der Waals surface area (Å²) in [4.78, 5) is 41.3. The first kappa shape index (κ1) is 20.1. The maximum atomic E-state index is 13.0. The quantitative estimate of drug-likeness (QED) is 0.767. The highest BCUT2D eigenvalue weighted by Crippen LogP contribution is 2.34. The second-order valence-corrected chi connectivity index (χ2v) is 8.50. The molecule has 2 fully saturated rings. The van der Waals surface area contributed by atoms with Crippen LogP contribution in [0.5, 0.6) is 0 Å². The number of carbonyl (C=O) groups is 3. The summed E-state index contributed by atoms with van der Waals surface area (Å²) in [6.45, 7) is 6.03. The normalized spacial score (nSPS) is 18.4. The second-order valence-electron chi connectivity index (χ2n) is 8.50. The van der Waals surface area contributed by atoms with Crippen molar-refractivity contribution < 1.29 is 14.4 Å². The molecular formula is C22H27N5O3. The standard InChI is InChI=1S/C22H27N5O3/c1-16(2)13-27-21(30)24-20(29)22(27)8-10-25(11-9-22)19(28)18-12-23-26(15-18)14-17-6-4-3-5-7-17/h3-7,12,15-16H,8-11,13-14H2,1-2H3,(H,24,29,30). The topological polar surface area (TPSA) is 87.5 Å². The molecule has 8 nitrogen and oxygen atoms in total. The number of hydrogen-bond acceptors (Lipinski definition) is 4. The monoisotopic (exact) mass is 409 g/mol. The Bertz CT molecular complexity index is 945. The molecule has 30 heavy (non-hydrogen) atoms. The van der Waals surface area contributed by atoms with Gasteiger partial charge in [-0.25, -0.2) is 4.79 Å². The van der Waals surface area contributed by atoms with Gasteiger partial charge in [-0.3, -0.25) is 19.6 Å². The predicted octanol–water partition coefficient (Wildman–Crippen LogP) is 2.11. The molecule has 4 rings (SSSR count). The SMILES string of the molecule is CC(C)CN1C(=O)NC(=O)C12CCN(C(=O)c1cnn(Cc3ccccc3)c1)CC2. The average Bonchev–Trinajstić information content (AvgIpc) is 3.28. The molecule has 1 aromatic carbocycles. The van der Waals surface area contributed by atoms with Gasteiger partial charge in [0.15, 0.2) is 0 Å². The maximum Gasteiger partial charge on any atom is 0.325 e. The van der Waals surface area contributed by atoms with Gasteiger partial charge in [0.25, 0.3) is 11.8 Å². The highest BCUT2D eigenvalue weighted by atomic mass is 16.2. The predicted molar refractivity (Wildman–Crippen MR) is 111 cm³/mol. The molecule has 0 unspecified atom stereocenters. The molecule has 0 saturated carbocycles. The molecule has 1 N–H and O–H groups in total. The molecule has 2 aliphatic heterocycles. The number of carbonyl (C=O) groups excluding carboxylic acids is 3. The Kier molecular flexibility index (Phi) is 5.32. The lowest BCUT2D eigenvalue weighted by Crippen LogP contribution is -2.58. The molecule has 1 spiro atoms. The van der Waals surface area contributed by atoms with Crippen LogP contribution in [0.15, 0.2) is 42.7 Å². The molecular weight excluding hydrogens is 382 g/mol. The van der Waals surface area contributed by atoms with E-state index in [0.29, 0.717) is 44.6 Å². The van der Waals surface area contributed by atoms with Crippen LogP contribution in [0, 0.1) is 5.92 Å². The van der Waals surface area contributed by atoms with Crippen LogP contribution in [0.4, 0.5) is 4.79 Å². The van der Waals surface area contributed by atoms with E-state index in [1.54, 1.807) is 26.9 Å². The van der Waals surface area contributed by atoms with E-state index in [1.165, 1.54) is 0 Å². The Morgan fingerprint density at radius 1 is 1.17 bits per heavy atom. The summed E-state index contributed by atoms with van der Waals surface area (Å²) in [5.74, 6) is -0.0751. The lowest BCUT2D eigenvalue weighted by Gasteiger charge is -2.42. The van der Waals surface area contributed by atoms with Gasteiger partial charge in [-0.05, 0) is 24.3 Å². The molecule has 158 valence electrons. The summed E-state index contributed by atoms with van der Waals surface area (Å²) in [5, 5.41) is 6.78. The lowest BCUT2D eigenvalue weighted by molar-refractivity contribution is -0.129. The van der Waals surface area contributed by atoms with Crippen LogP contribution in [-0.4, -0.2) is 62.6 Å². The van der Waals surface area contributed by atoms with Crippen LogP contribution in [0.2, 0.25) is 0 Å². The van der Waals surface area contributed by atoms with E-state index in [9.17, 15) is 14.4 Å². The van der Waals surface area contributed by atoms with Crippen molar-refractivity contribution in [3.05, 3.63) is 53.9 Å². The largest absolute Gasteiger partial charge is 0.338 e. The molecule has 0 aliphatic carbocycles. The van der Waals surface area contributed by atoms with E-state index >= 15 is 0 Å². The highest BCUT2D eigenvalue weighted by Gasteiger charge is 2.54. The van der Waals surface area contributed by atoms with Crippen molar-refractivity contribution >= 4 is 17.8 Å². The number of likely N-dealkylation sites (tertiary alicyclic amines) is 1. The smallest absolute Gasteiger partial charge is 0.325 e. The van der Waals surface area contributed by atoms with Crippen LogP contribution in [0.3, 0.4) is 0 Å². The fourth-order valence-corrected chi connectivity index (χ4v) is 4.31. The minimum absolute atomic E-state index is 0.0932. The van der Waals surface area contributed by atoms with Gasteiger partial charge in [-0.2, -0.15) is 5.10 Å². The van der Waals surface area contributed by atoms with Crippen molar-refractivity contribution in [2.75, 3.05) is 19.6 Å². The number of benzene rings is 1. The Balaban J connectivity index is 1.42. The van der Waals surface area contributed by atoms with E-state index in [4.69, 9.17) is 0 Å². The molecule has 8 heteroatoms. The number of nitrogens with one attached hydrogen (secondary N) is 1. The van der Waals surface area contributed by atoms with Crippen LogP contribution in [0.1, 0.15) is 42.6 Å². The van der Waals surface area contributed by atoms with Gasteiger partial charge in [0.05, 0.1) is 18.3 Å². The fraction of sp³-hybridized carbons (Fsp3) is 0.455. The van der Waals surface area contributed by atoms with Gasteiger partial charge in [0.2, 0.25) is 0 Å². The zero-order valence-corrected chi connectivity index (χ0v) is 17.4. The average molecular weight is 409 g/mol. The minimum atomic E-state index is -0.838. The number of hydrogen-bond donors (Lipinski definition) is 1. The van der Waals surface area contributed by atoms with Crippen molar-refractivity contribution in [1.29, 1.82) is 0 Å². The summed E-state index contributed by atoms with van der Waals surface area (Å²) in [7, 11) is 0.